The quantitative estimate of drug-likeness (QED) is 0.614. The highest BCUT2D eigenvalue weighted by atomic mass is 15.2. The number of hydrogen-bond acceptors (Lipinski definition) is 3. The third kappa shape index (κ3) is 1.45. The van der Waals surface area contributed by atoms with Crippen molar-refractivity contribution in [3.05, 3.63) is 0 Å². The van der Waals surface area contributed by atoms with Gasteiger partial charge in [-0.3, -0.25) is 4.90 Å². The molecule has 0 aromatic rings. The predicted octanol–water partition coefficient (Wildman–Crippen LogP) is 0.466. The van der Waals surface area contributed by atoms with Gasteiger partial charge in [0.15, 0.2) is 0 Å². The second-order valence-corrected chi connectivity index (χ2v) is 4.07. The number of nitrogens with two attached hydrogens (primary N) is 1. The van der Waals surface area contributed by atoms with Crippen molar-refractivity contribution in [3.8, 4) is 6.07 Å². The average Bonchev–Trinajstić information content (AvgIpc) is 2.87. The Balaban J connectivity index is 1.98. The topological polar surface area (TPSA) is 53.1 Å². The monoisotopic (exact) mass is 165 g/mol. The smallest absolute Gasteiger partial charge is 0.117 e. The minimum absolute atomic E-state index is 0.555. The highest BCUT2D eigenvalue weighted by Crippen LogP contribution is 2.31. The van der Waals surface area contributed by atoms with Gasteiger partial charge in [-0.15, -0.1) is 0 Å². The molecule has 0 amide bonds. The van der Waals surface area contributed by atoms with E-state index in [0.29, 0.717) is 0 Å². The van der Waals surface area contributed by atoms with Crippen molar-refractivity contribution >= 4 is 0 Å². The lowest BCUT2D eigenvalue weighted by Crippen LogP contribution is -2.53. The van der Waals surface area contributed by atoms with Crippen LogP contribution in [0, 0.1) is 11.3 Å². The van der Waals surface area contributed by atoms with Gasteiger partial charge in [0, 0.05) is 12.6 Å². The zero-order chi connectivity index (χ0) is 8.60. The van der Waals surface area contributed by atoms with Crippen LogP contribution < -0.4 is 5.73 Å². The lowest BCUT2D eigenvalue weighted by molar-refractivity contribution is 0.171. The van der Waals surface area contributed by atoms with Crippen molar-refractivity contribution < 1.29 is 0 Å². The summed E-state index contributed by atoms with van der Waals surface area (Å²) in [4.78, 5) is 2.38. The highest BCUT2D eigenvalue weighted by Gasteiger charge is 2.38. The van der Waals surface area contributed by atoms with Crippen LogP contribution in [-0.4, -0.2) is 29.6 Å². The first-order valence-corrected chi connectivity index (χ1v) is 4.68. The van der Waals surface area contributed by atoms with Crippen molar-refractivity contribution in [1.82, 2.24) is 4.90 Å². The summed E-state index contributed by atoms with van der Waals surface area (Å²) in [6, 6.07) is 2.98. The molecule has 0 aromatic carbocycles. The van der Waals surface area contributed by atoms with E-state index < -0.39 is 5.54 Å². The maximum Gasteiger partial charge on any atom is 0.117 e. The van der Waals surface area contributed by atoms with Crippen LogP contribution in [-0.2, 0) is 0 Å². The van der Waals surface area contributed by atoms with E-state index in [1.165, 1.54) is 12.8 Å². The molecule has 3 heteroatoms. The van der Waals surface area contributed by atoms with Gasteiger partial charge in [-0.05, 0) is 32.2 Å². The molecule has 0 spiro atoms. The lowest BCUT2D eigenvalue weighted by atomic mass is 9.92. The molecule has 2 fully saturated rings. The Hall–Kier alpha value is -0.590. The van der Waals surface area contributed by atoms with Crippen LogP contribution in [0.2, 0.25) is 0 Å². The van der Waals surface area contributed by atoms with E-state index in [2.05, 4.69) is 11.0 Å². The molecule has 3 nitrogen and oxygen atoms in total. The van der Waals surface area contributed by atoms with Crippen molar-refractivity contribution in [1.29, 1.82) is 5.26 Å². The minimum Gasteiger partial charge on any atom is -0.312 e. The summed E-state index contributed by atoms with van der Waals surface area (Å²) in [6.45, 7) is 1.93. The molecule has 66 valence electrons. The summed E-state index contributed by atoms with van der Waals surface area (Å²) in [7, 11) is 0. The van der Waals surface area contributed by atoms with Crippen LogP contribution >= 0.6 is 0 Å². The Morgan fingerprint density at radius 1 is 1.50 bits per heavy atom. The van der Waals surface area contributed by atoms with E-state index in [1.807, 2.05) is 0 Å². The van der Waals surface area contributed by atoms with E-state index in [4.69, 9.17) is 11.0 Å². The Bertz CT molecular complexity index is 216. The van der Waals surface area contributed by atoms with Crippen LogP contribution in [0.5, 0.6) is 0 Å². The Morgan fingerprint density at radius 3 is 2.83 bits per heavy atom. The number of piperidine rings is 1. The normalized spacial score (nSPS) is 37.7. The fourth-order valence-corrected chi connectivity index (χ4v) is 1.96. The number of hydrogen-bond donors (Lipinski definition) is 1. The summed E-state index contributed by atoms with van der Waals surface area (Å²) in [5, 5.41) is 8.87. The van der Waals surface area contributed by atoms with E-state index in [1.54, 1.807) is 0 Å². The summed E-state index contributed by atoms with van der Waals surface area (Å²) in [5.74, 6) is 0. The molecule has 1 aliphatic heterocycles. The molecule has 0 bridgehead atoms. The van der Waals surface area contributed by atoms with Crippen LogP contribution in [0.25, 0.3) is 0 Å². The standard InChI is InChI=1S/C9H15N3/c10-6-9(11)4-1-5-12(7-9)8-2-3-8/h8H,1-5,7,11H2. The number of nitrogens with zero attached hydrogens (tertiary/aromatic N) is 2. The SMILES string of the molecule is N#CC1(N)CCCN(C2CC2)C1. The lowest BCUT2D eigenvalue weighted by Gasteiger charge is -2.35. The fourth-order valence-electron chi connectivity index (χ4n) is 1.96. The van der Waals surface area contributed by atoms with E-state index in [0.717, 1.165) is 32.0 Å². The molecule has 1 saturated heterocycles. The van der Waals surface area contributed by atoms with Crippen LogP contribution in [0.3, 0.4) is 0 Å². The first-order valence-electron chi connectivity index (χ1n) is 4.68. The molecule has 1 unspecified atom stereocenters. The molecule has 0 aromatic heterocycles. The molecule has 1 saturated carbocycles. The Morgan fingerprint density at radius 2 is 2.25 bits per heavy atom. The Kier molecular flexibility index (Phi) is 1.82. The zero-order valence-corrected chi connectivity index (χ0v) is 7.29. The van der Waals surface area contributed by atoms with E-state index in [9.17, 15) is 0 Å². The molecule has 1 atom stereocenters. The number of nitriles is 1. The summed E-state index contributed by atoms with van der Waals surface area (Å²) in [5.41, 5.74) is 5.36. The first-order chi connectivity index (χ1) is 5.73. The number of rotatable bonds is 1. The van der Waals surface area contributed by atoms with Gasteiger partial charge in [0.2, 0.25) is 0 Å². The average molecular weight is 165 g/mol. The van der Waals surface area contributed by atoms with Gasteiger partial charge in [-0.25, -0.2) is 0 Å². The van der Waals surface area contributed by atoms with Gasteiger partial charge >= 0.3 is 0 Å². The zero-order valence-electron chi connectivity index (χ0n) is 7.29. The molecule has 2 aliphatic rings. The molecule has 12 heavy (non-hydrogen) atoms. The third-order valence-corrected chi connectivity index (χ3v) is 2.84. The molecule has 2 N–H and O–H groups in total. The maximum absolute atomic E-state index is 8.87. The van der Waals surface area contributed by atoms with Crippen LogP contribution in [0.15, 0.2) is 0 Å². The molecular formula is C9H15N3. The van der Waals surface area contributed by atoms with Gasteiger partial charge in [0.1, 0.15) is 5.54 Å². The number of likely N-dealkylation sites (tertiary alicyclic amines) is 1. The van der Waals surface area contributed by atoms with Crippen molar-refractivity contribution in [2.24, 2.45) is 5.73 Å². The molecule has 2 rings (SSSR count). The molecule has 0 radical (unpaired) electrons. The second-order valence-electron chi connectivity index (χ2n) is 4.07. The summed E-state index contributed by atoms with van der Waals surface area (Å²) < 4.78 is 0. The van der Waals surface area contributed by atoms with Crippen molar-refractivity contribution in [2.45, 2.75) is 37.3 Å². The van der Waals surface area contributed by atoms with Gasteiger partial charge in [0.05, 0.1) is 6.07 Å². The van der Waals surface area contributed by atoms with Crippen LogP contribution in [0.4, 0.5) is 0 Å². The fraction of sp³-hybridized carbons (Fsp3) is 0.889. The first kappa shape index (κ1) is 8.03. The Labute approximate surface area is 73.1 Å². The van der Waals surface area contributed by atoms with Gasteiger partial charge in [-0.1, -0.05) is 0 Å². The van der Waals surface area contributed by atoms with Crippen molar-refractivity contribution in [3.63, 3.8) is 0 Å². The third-order valence-electron chi connectivity index (χ3n) is 2.84. The van der Waals surface area contributed by atoms with Gasteiger partial charge < -0.3 is 5.73 Å². The second kappa shape index (κ2) is 2.72. The highest BCUT2D eigenvalue weighted by molar-refractivity contribution is 5.09. The van der Waals surface area contributed by atoms with E-state index in [-0.39, 0.29) is 0 Å². The van der Waals surface area contributed by atoms with Crippen molar-refractivity contribution in [2.75, 3.05) is 13.1 Å². The van der Waals surface area contributed by atoms with Crippen LogP contribution in [0.1, 0.15) is 25.7 Å². The largest absolute Gasteiger partial charge is 0.312 e. The summed E-state index contributed by atoms with van der Waals surface area (Å²) in [6.07, 6.45) is 4.57. The van der Waals surface area contributed by atoms with Gasteiger partial charge in [0.25, 0.3) is 0 Å². The minimum atomic E-state index is -0.555. The van der Waals surface area contributed by atoms with Gasteiger partial charge in [-0.2, -0.15) is 5.26 Å². The molecule has 1 aliphatic carbocycles. The molecule has 1 heterocycles. The maximum atomic E-state index is 8.87. The summed E-state index contributed by atoms with van der Waals surface area (Å²) >= 11 is 0. The predicted molar refractivity (Wildman–Crippen MR) is 46.4 cm³/mol. The molecular weight excluding hydrogens is 150 g/mol. The van der Waals surface area contributed by atoms with E-state index >= 15 is 0 Å².